The summed E-state index contributed by atoms with van der Waals surface area (Å²) in [6.07, 6.45) is 3.21. The molecule has 0 bridgehead atoms. The molecule has 0 aliphatic carbocycles. The van der Waals surface area contributed by atoms with E-state index in [2.05, 4.69) is 24.8 Å². The Balaban J connectivity index is 0.000000265. The summed E-state index contributed by atoms with van der Waals surface area (Å²) < 4.78 is 36.1. The Bertz CT molecular complexity index is 1460. The second-order valence-electron chi connectivity index (χ2n) is 9.51. The first-order chi connectivity index (χ1) is 20.5. The summed E-state index contributed by atoms with van der Waals surface area (Å²) >= 11 is 0. The number of nitrogens with zero attached hydrogens (tertiary/aromatic N) is 5. The number of carbonyl (C=O) groups is 2. The Morgan fingerprint density at radius 1 is 1.30 bits per heavy atom. The molecule has 5 N–H and O–H groups in total. The monoisotopic (exact) mass is 619 g/mol. The molecule has 1 aromatic carbocycles. The first-order valence-electron chi connectivity index (χ1n) is 13.5. The van der Waals surface area contributed by atoms with E-state index < -0.39 is 37.7 Å². The van der Waals surface area contributed by atoms with E-state index in [1.807, 2.05) is 0 Å². The number of fused-ring (bicyclic) bond motifs is 1. The fraction of sp³-hybridized carbons (Fsp3) is 0.462. The lowest BCUT2D eigenvalue weighted by Crippen LogP contribution is -2.39. The molecule has 4 atom stereocenters. The largest absolute Gasteiger partial charge is 0.462 e. The predicted octanol–water partition coefficient (Wildman–Crippen LogP) is 2.47. The van der Waals surface area contributed by atoms with Gasteiger partial charge in [-0.3, -0.25) is 18.7 Å². The molecule has 1 saturated heterocycles. The van der Waals surface area contributed by atoms with Gasteiger partial charge in [0.2, 0.25) is 5.78 Å². The number of nitrogen functional groups attached to an aromatic ring is 1. The van der Waals surface area contributed by atoms with Crippen molar-refractivity contribution in [1.29, 1.82) is 5.53 Å². The highest BCUT2D eigenvalue weighted by atomic mass is 31.2. The molecular weight excluding hydrogens is 583 g/mol. The number of aliphatic hydroxyl groups excluding tert-OH is 1. The van der Waals surface area contributed by atoms with Crippen molar-refractivity contribution < 1.29 is 42.6 Å². The summed E-state index contributed by atoms with van der Waals surface area (Å²) in [5.41, 5.74) is 13.5. The van der Waals surface area contributed by atoms with Gasteiger partial charge < -0.3 is 24.8 Å². The maximum Gasteiger partial charge on any atom is 0.459 e. The fourth-order valence-corrected chi connectivity index (χ4v) is 5.44. The predicted molar refractivity (Wildman–Crippen MR) is 153 cm³/mol. The van der Waals surface area contributed by atoms with Crippen LogP contribution in [0.15, 0.2) is 43.0 Å². The van der Waals surface area contributed by atoms with Gasteiger partial charge in [-0.25, -0.2) is 19.5 Å². The van der Waals surface area contributed by atoms with E-state index in [0.29, 0.717) is 35.8 Å². The number of anilines is 1. The van der Waals surface area contributed by atoms with Crippen molar-refractivity contribution in [3.8, 4) is 5.75 Å². The van der Waals surface area contributed by atoms with E-state index in [4.69, 9.17) is 29.8 Å². The lowest BCUT2D eigenvalue weighted by atomic mass is 10.1. The quantitative estimate of drug-likeness (QED) is 0.0709. The minimum Gasteiger partial charge on any atom is -0.462 e. The minimum atomic E-state index is -3.90. The SMILES string of the molecule is CCOP(=O)(N[C@@H](CCC(=O)C=[N+]=N)C(=O)OC(C)C)Oc1ccccc1.Nc1ncnc2c1ncn2[C@H]1CC(O)CO1. The second-order valence-corrected chi connectivity index (χ2v) is 11.2. The molecule has 43 heavy (non-hydrogen) atoms. The van der Waals surface area contributed by atoms with Crippen molar-refractivity contribution in [2.75, 3.05) is 18.9 Å². The van der Waals surface area contributed by atoms with E-state index in [-0.39, 0.29) is 25.7 Å². The van der Waals surface area contributed by atoms with Crippen LogP contribution in [-0.2, 0) is 28.2 Å². The summed E-state index contributed by atoms with van der Waals surface area (Å²) in [5.74, 6) is -0.473. The van der Waals surface area contributed by atoms with Gasteiger partial charge in [-0.05, 0) is 39.3 Å². The molecule has 2 aromatic heterocycles. The van der Waals surface area contributed by atoms with Gasteiger partial charge in [-0.2, -0.15) is 5.09 Å². The van der Waals surface area contributed by atoms with Gasteiger partial charge in [-0.15, -0.1) is 0 Å². The molecule has 0 radical (unpaired) electrons. The number of imidazole rings is 1. The standard InChI is InChI=1S/C17H25N3O6P.C9H11N5O2/c1-4-24-27(23,26-15-8-6-5-7-9-15)20-16(17(22)25-13(2)3)11-10-14(21)12-19-18;10-8-7-9(12-3-11-8)14(4-13-7)6-1-5(15)2-16-6/h5-9,12-13,16,18H,4,10-11H2,1-3H3,(H,20,23);3-6,15H,1-2H2,(H2,10,11,12)/q+1;/t16-,27?;5?,6-/m01/s1. The molecule has 3 aromatic rings. The molecule has 16 nitrogen and oxygen atoms in total. The zero-order chi connectivity index (χ0) is 31.4. The van der Waals surface area contributed by atoms with Crippen molar-refractivity contribution in [2.24, 2.45) is 0 Å². The number of aliphatic hydroxyl groups is 1. The molecule has 1 fully saturated rings. The maximum absolute atomic E-state index is 13.0. The molecular formula is C26H36N8O8P+. The highest BCUT2D eigenvalue weighted by Gasteiger charge is 2.35. The van der Waals surface area contributed by atoms with Crippen LogP contribution in [-0.4, -0.2) is 78.8 Å². The minimum absolute atomic E-state index is 0.0222. The topological polar surface area (TPSA) is 228 Å². The Morgan fingerprint density at radius 2 is 2.05 bits per heavy atom. The van der Waals surface area contributed by atoms with E-state index in [1.165, 1.54) is 6.33 Å². The smallest absolute Gasteiger partial charge is 0.459 e. The summed E-state index contributed by atoms with van der Waals surface area (Å²) in [6.45, 7) is 5.40. The third kappa shape index (κ3) is 10.0. The molecule has 232 valence electrons. The average Bonchev–Trinajstić information content (AvgIpc) is 3.58. The third-order valence-electron chi connectivity index (χ3n) is 5.76. The van der Waals surface area contributed by atoms with Crippen LogP contribution < -0.4 is 15.3 Å². The third-order valence-corrected chi connectivity index (χ3v) is 7.44. The number of hydrogen-bond acceptors (Lipinski definition) is 13. The van der Waals surface area contributed by atoms with Crippen LogP contribution in [0, 0.1) is 5.53 Å². The van der Waals surface area contributed by atoms with Crippen molar-refractivity contribution >= 4 is 42.7 Å². The van der Waals surface area contributed by atoms with Gasteiger partial charge >= 0.3 is 19.9 Å². The number of ketones is 1. The number of para-hydroxylation sites is 1. The number of benzene rings is 1. The van der Waals surface area contributed by atoms with Crippen molar-refractivity contribution in [1.82, 2.24) is 24.6 Å². The Labute approximate surface area is 247 Å². The van der Waals surface area contributed by atoms with Crippen LogP contribution >= 0.6 is 7.75 Å². The highest BCUT2D eigenvalue weighted by molar-refractivity contribution is 7.52. The van der Waals surface area contributed by atoms with Gasteiger partial charge in [0.15, 0.2) is 11.5 Å². The number of Topliss-reactive ketones (excluding diaryl/α,β-unsaturated/α-hetero) is 1. The number of nitrogens with one attached hydrogen (secondary N) is 2. The summed E-state index contributed by atoms with van der Waals surface area (Å²) in [6, 6.07) is 7.28. The van der Waals surface area contributed by atoms with Gasteiger partial charge in [0.25, 0.3) is 0 Å². The number of rotatable bonds is 13. The molecule has 0 amide bonds. The van der Waals surface area contributed by atoms with Gasteiger partial charge in [0.1, 0.15) is 29.9 Å². The molecule has 1 aliphatic heterocycles. The second kappa shape index (κ2) is 16.0. The summed E-state index contributed by atoms with van der Waals surface area (Å²) in [4.78, 5) is 39.0. The van der Waals surface area contributed by atoms with Crippen LogP contribution in [0.2, 0.25) is 0 Å². The van der Waals surface area contributed by atoms with Gasteiger partial charge in [0, 0.05) is 12.8 Å². The molecule has 2 unspecified atom stereocenters. The highest BCUT2D eigenvalue weighted by Crippen LogP contribution is 2.45. The van der Waals surface area contributed by atoms with E-state index in [1.54, 1.807) is 62.0 Å². The van der Waals surface area contributed by atoms with Crippen LogP contribution in [0.3, 0.4) is 0 Å². The molecule has 0 saturated carbocycles. The lowest BCUT2D eigenvalue weighted by Gasteiger charge is -2.24. The van der Waals surface area contributed by atoms with Crippen LogP contribution in [0.4, 0.5) is 5.82 Å². The fourth-order valence-electron chi connectivity index (χ4n) is 3.91. The first-order valence-corrected chi connectivity index (χ1v) is 15.0. The number of carbonyl (C=O) groups excluding carboxylic acids is 2. The molecule has 1 aliphatic rings. The average molecular weight is 620 g/mol. The Kier molecular flexibility index (Phi) is 12.4. The normalized spacial score (nSPS) is 18.2. The lowest BCUT2D eigenvalue weighted by molar-refractivity contribution is -0.149. The van der Waals surface area contributed by atoms with Gasteiger partial charge in [0.05, 0.1) is 42.1 Å². The van der Waals surface area contributed by atoms with Crippen LogP contribution in [0.5, 0.6) is 5.75 Å². The molecule has 3 heterocycles. The number of aromatic nitrogens is 4. The Morgan fingerprint density at radius 3 is 2.67 bits per heavy atom. The van der Waals surface area contributed by atoms with E-state index in [9.17, 15) is 19.3 Å². The van der Waals surface area contributed by atoms with Gasteiger partial charge in [-0.1, -0.05) is 18.2 Å². The molecule has 17 heteroatoms. The van der Waals surface area contributed by atoms with E-state index in [0.717, 1.165) is 6.21 Å². The number of esters is 1. The van der Waals surface area contributed by atoms with Crippen molar-refractivity contribution in [2.45, 2.75) is 64.5 Å². The molecule has 0 spiro atoms. The van der Waals surface area contributed by atoms with Crippen LogP contribution in [0.1, 0.15) is 46.3 Å². The zero-order valence-corrected chi connectivity index (χ0v) is 24.9. The number of ether oxygens (including phenoxy) is 2. The summed E-state index contributed by atoms with van der Waals surface area (Å²) in [7, 11) is -3.90. The van der Waals surface area contributed by atoms with Crippen molar-refractivity contribution in [3.63, 3.8) is 0 Å². The van der Waals surface area contributed by atoms with Crippen molar-refractivity contribution in [3.05, 3.63) is 43.0 Å². The van der Waals surface area contributed by atoms with E-state index >= 15 is 0 Å². The molecule has 4 rings (SSSR count). The number of hydrogen-bond donors (Lipinski definition) is 4. The summed E-state index contributed by atoms with van der Waals surface area (Å²) in [5, 5.41) is 12.0. The van der Waals surface area contributed by atoms with Crippen LogP contribution in [0.25, 0.3) is 11.2 Å². The first kappa shape index (κ1) is 33.5. The number of nitrogens with two attached hydrogens (primary N) is 1. The zero-order valence-electron chi connectivity index (χ0n) is 24.0. The maximum atomic E-state index is 13.0. The Hall–Kier alpha value is -4.04.